The van der Waals surface area contributed by atoms with Gasteiger partial charge in [-0.05, 0) is 35.2 Å². The van der Waals surface area contributed by atoms with Crippen LogP contribution in [0.5, 0.6) is 0 Å². The lowest BCUT2D eigenvalue weighted by molar-refractivity contribution is -0.142. The monoisotopic (exact) mass is 541 g/mol. The molecule has 0 saturated carbocycles. The topological polar surface area (TPSA) is 53.7 Å². The Kier molecular flexibility index (Phi) is 7.15. The maximum atomic E-state index is 14.0. The quantitative estimate of drug-likeness (QED) is 0.304. The van der Waals surface area contributed by atoms with Crippen molar-refractivity contribution in [2.45, 2.75) is 32.5 Å². The summed E-state index contributed by atoms with van der Waals surface area (Å²) in [5, 5.41) is 4.59. The molecule has 1 aliphatic heterocycles. The number of alkyl halides is 3. The van der Waals surface area contributed by atoms with Crippen molar-refractivity contribution in [3.8, 4) is 11.3 Å². The number of carbonyl (C=O) groups is 1. The number of carbonyl (C=O) groups excluding carboxylic acids is 1. The van der Waals surface area contributed by atoms with Crippen LogP contribution in [0.25, 0.3) is 16.9 Å². The van der Waals surface area contributed by atoms with Gasteiger partial charge in [0.05, 0.1) is 11.9 Å². The molecule has 10 heteroatoms. The summed E-state index contributed by atoms with van der Waals surface area (Å²) in [5.41, 5.74) is 1.85. The third-order valence-corrected chi connectivity index (χ3v) is 7.10. The molecule has 0 N–H and O–H groups in total. The molecule has 6 nitrogen and oxygen atoms in total. The molecule has 0 aliphatic carbocycles. The van der Waals surface area contributed by atoms with E-state index in [2.05, 4.69) is 15.0 Å². The number of amides is 1. The van der Waals surface area contributed by atoms with E-state index in [0.29, 0.717) is 36.8 Å². The van der Waals surface area contributed by atoms with Gasteiger partial charge in [0.2, 0.25) is 0 Å². The van der Waals surface area contributed by atoms with Crippen LogP contribution in [0.15, 0.2) is 60.8 Å². The van der Waals surface area contributed by atoms with E-state index in [1.165, 1.54) is 6.20 Å². The Hall–Kier alpha value is -3.43. The second-order valence-corrected chi connectivity index (χ2v) is 10.2. The minimum atomic E-state index is -4.67. The lowest BCUT2D eigenvalue weighted by Gasteiger charge is -2.34. The Labute approximate surface area is 223 Å². The van der Waals surface area contributed by atoms with Gasteiger partial charge in [0.1, 0.15) is 5.56 Å². The van der Waals surface area contributed by atoms with Crippen LogP contribution in [0.3, 0.4) is 0 Å². The smallest absolute Gasteiger partial charge is 0.336 e. The molecule has 0 atom stereocenters. The maximum Gasteiger partial charge on any atom is 0.433 e. The summed E-state index contributed by atoms with van der Waals surface area (Å²) < 4.78 is 42.7. The molecule has 5 rings (SSSR count). The van der Waals surface area contributed by atoms with Crippen molar-refractivity contribution in [1.82, 2.24) is 24.4 Å². The second kappa shape index (κ2) is 10.4. The van der Waals surface area contributed by atoms with Crippen molar-refractivity contribution in [2.24, 2.45) is 0 Å². The fraction of sp³-hybridized carbons (Fsp3) is 0.321. The van der Waals surface area contributed by atoms with Gasteiger partial charge < -0.3 is 4.90 Å². The van der Waals surface area contributed by atoms with Crippen LogP contribution in [0, 0.1) is 0 Å². The minimum absolute atomic E-state index is 0.0577. The van der Waals surface area contributed by atoms with Crippen LogP contribution in [0.4, 0.5) is 13.2 Å². The van der Waals surface area contributed by atoms with Crippen LogP contribution in [0.1, 0.15) is 46.9 Å². The zero-order chi connectivity index (χ0) is 27.0. The van der Waals surface area contributed by atoms with Crippen LogP contribution >= 0.6 is 11.6 Å². The summed E-state index contributed by atoms with van der Waals surface area (Å²) in [6.07, 6.45) is -3.49. The number of hydrogen-bond acceptors (Lipinski definition) is 4. The van der Waals surface area contributed by atoms with E-state index < -0.39 is 11.9 Å². The highest BCUT2D eigenvalue weighted by atomic mass is 35.5. The number of piperazine rings is 1. The summed E-state index contributed by atoms with van der Waals surface area (Å²) in [6.45, 7) is 7.00. The summed E-state index contributed by atoms with van der Waals surface area (Å²) in [6, 6.07) is 15.9. The molecule has 0 spiro atoms. The van der Waals surface area contributed by atoms with Crippen molar-refractivity contribution in [1.29, 1.82) is 0 Å². The maximum absolute atomic E-state index is 14.0. The standard InChI is InChI=1S/C28H27ClF3N5O/c1-18(2)20-5-7-21(8-6-20)24-15-25(28(30,31)32)37-26(34-24)23(16-33-37)27(38)36-13-11-35(12-14-36)17-19-3-9-22(29)10-4-19/h3-10,15-16,18H,11-14,17H2,1-2H3. The van der Waals surface area contributed by atoms with Crippen LogP contribution in [0.2, 0.25) is 5.02 Å². The number of nitrogens with zero attached hydrogens (tertiary/aromatic N) is 5. The molecule has 1 aliphatic rings. The molecule has 1 amide bonds. The van der Waals surface area contributed by atoms with Crippen molar-refractivity contribution >= 4 is 23.2 Å². The fourth-order valence-electron chi connectivity index (χ4n) is 4.63. The van der Waals surface area contributed by atoms with Gasteiger partial charge in [0.25, 0.3) is 5.91 Å². The summed E-state index contributed by atoms with van der Waals surface area (Å²) in [7, 11) is 0. The molecule has 1 fully saturated rings. The highest BCUT2D eigenvalue weighted by Gasteiger charge is 2.36. The first kappa shape index (κ1) is 26.2. The Balaban J connectivity index is 1.41. The summed E-state index contributed by atoms with van der Waals surface area (Å²) >= 11 is 5.96. The normalized spacial score (nSPS) is 15.0. The molecule has 4 aromatic rings. The molecule has 0 radical (unpaired) electrons. The Morgan fingerprint density at radius 1 is 1.00 bits per heavy atom. The molecule has 2 aromatic heterocycles. The molecule has 2 aromatic carbocycles. The van der Waals surface area contributed by atoms with Crippen LogP contribution in [-0.4, -0.2) is 56.5 Å². The Morgan fingerprint density at radius 3 is 2.26 bits per heavy atom. The van der Waals surface area contributed by atoms with Crippen molar-refractivity contribution in [3.05, 3.63) is 88.2 Å². The zero-order valence-electron chi connectivity index (χ0n) is 21.0. The number of benzene rings is 2. The largest absolute Gasteiger partial charge is 0.433 e. The van der Waals surface area contributed by atoms with E-state index in [1.807, 2.05) is 50.2 Å². The SMILES string of the molecule is CC(C)c1ccc(-c2cc(C(F)(F)F)n3ncc(C(=O)N4CCN(Cc5ccc(Cl)cc5)CC4)c3n2)cc1. The molecule has 0 unspecified atom stereocenters. The van der Waals surface area contributed by atoms with Gasteiger partial charge in [0.15, 0.2) is 11.3 Å². The number of aromatic nitrogens is 3. The van der Waals surface area contributed by atoms with E-state index >= 15 is 0 Å². The average molecular weight is 542 g/mol. The number of hydrogen-bond donors (Lipinski definition) is 0. The minimum Gasteiger partial charge on any atom is -0.336 e. The van der Waals surface area contributed by atoms with Crippen LogP contribution in [-0.2, 0) is 12.7 Å². The van der Waals surface area contributed by atoms with Crippen molar-refractivity contribution in [3.63, 3.8) is 0 Å². The second-order valence-electron chi connectivity index (χ2n) is 9.79. The molecule has 1 saturated heterocycles. The number of halogens is 4. The third-order valence-electron chi connectivity index (χ3n) is 6.84. The zero-order valence-corrected chi connectivity index (χ0v) is 21.8. The van der Waals surface area contributed by atoms with Gasteiger partial charge in [-0.2, -0.15) is 18.3 Å². The first-order valence-electron chi connectivity index (χ1n) is 12.4. The molecule has 198 valence electrons. The predicted octanol–water partition coefficient (Wildman–Crippen LogP) is 6.15. The van der Waals surface area contributed by atoms with Gasteiger partial charge in [-0.25, -0.2) is 9.50 Å². The first-order chi connectivity index (χ1) is 18.1. The van der Waals surface area contributed by atoms with Crippen LogP contribution < -0.4 is 0 Å². The van der Waals surface area contributed by atoms with Gasteiger partial charge in [0, 0.05) is 43.3 Å². The number of rotatable bonds is 5. The van der Waals surface area contributed by atoms with E-state index in [4.69, 9.17) is 11.6 Å². The molecule has 38 heavy (non-hydrogen) atoms. The average Bonchev–Trinajstić information content (AvgIpc) is 3.33. The highest BCUT2D eigenvalue weighted by molar-refractivity contribution is 6.30. The predicted molar refractivity (Wildman–Crippen MR) is 140 cm³/mol. The highest BCUT2D eigenvalue weighted by Crippen LogP contribution is 2.33. The van der Waals surface area contributed by atoms with Gasteiger partial charge in [-0.3, -0.25) is 9.69 Å². The fourth-order valence-corrected chi connectivity index (χ4v) is 4.76. The van der Waals surface area contributed by atoms with Crippen molar-refractivity contribution < 1.29 is 18.0 Å². The lowest BCUT2D eigenvalue weighted by atomic mass is 10.0. The number of fused-ring (bicyclic) bond motifs is 1. The summed E-state index contributed by atoms with van der Waals surface area (Å²) in [5.74, 6) is -0.0880. The van der Waals surface area contributed by atoms with Crippen molar-refractivity contribution in [2.75, 3.05) is 26.2 Å². The lowest BCUT2D eigenvalue weighted by Crippen LogP contribution is -2.48. The van der Waals surface area contributed by atoms with E-state index in [0.717, 1.165) is 28.3 Å². The molecule has 3 heterocycles. The van der Waals surface area contributed by atoms with Gasteiger partial charge >= 0.3 is 6.18 Å². The first-order valence-corrected chi connectivity index (χ1v) is 12.8. The van der Waals surface area contributed by atoms with E-state index in [-0.39, 0.29) is 28.7 Å². The molecular weight excluding hydrogens is 515 g/mol. The van der Waals surface area contributed by atoms with Gasteiger partial charge in [-0.1, -0.05) is 61.8 Å². The Morgan fingerprint density at radius 2 is 1.66 bits per heavy atom. The molecular formula is C28H27ClF3N5O. The third kappa shape index (κ3) is 5.39. The van der Waals surface area contributed by atoms with E-state index in [9.17, 15) is 18.0 Å². The van der Waals surface area contributed by atoms with E-state index in [1.54, 1.807) is 17.0 Å². The Bertz CT molecular complexity index is 1440. The molecule has 0 bridgehead atoms. The van der Waals surface area contributed by atoms with Gasteiger partial charge in [-0.15, -0.1) is 0 Å². The summed E-state index contributed by atoms with van der Waals surface area (Å²) in [4.78, 5) is 21.8.